The van der Waals surface area contributed by atoms with Gasteiger partial charge in [-0.05, 0) is 42.5 Å². The van der Waals surface area contributed by atoms with Crippen molar-refractivity contribution in [3.05, 3.63) is 71.5 Å². The molecular formula is C18H15ClN2O2S. The summed E-state index contributed by atoms with van der Waals surface area (Å²) < 4.78 is 7.02. The number of thioether (sulfide) groups is 1. The van der Waals surface area contributed by atoms with Crippen molar-refractivity contribution in [1.29, 1.82) is 0 Å². The van der Waals surface area contributed by atoms with E-state index in [4.69, 9.17) is 16.3 Å². The van der Waals surface area contributed by atoms with Gasteiger partial charge in [-0.2, -0.15) is 0 Å². The Morgan fingerprint density at radius 3 is 2.75 bits per heavy atom. The van der Waals surface area contributed by atoms with E-state index in [-0.39, 0.29) is 5.78 Å². The minimum Gasteiger partial charge on any atom is -0.497 e. The van der Waals surface area contributed by atoms with Crippen LogP contribution >= 0.6 is 23.4 Å². The average Bonchev–Trinajstić information content (AvgIpc) is 3.08. The lowest BCUT2D eigenvalue weighted by Gasteiger charge is -2.08. The first-order chi connectivity index (χ1) is 11.7. The van der Waals surface area contributed by atoms with Crippen LogP contribution in [-0.4, -0.2) is 28.2 Å². The molecule has 0 amide bonds. The van der Waals surface area contributed by atoms with Crippen molar-refractivity contribution < 1.29 is 9.53 Å². The maximum atomic E-state index is 12.3. The van der Waals surface area contributed by atoms with Crippen LogP contribution in [0.2, 0.25) is 5.02 Å². The maximum Gasteiger partial charge on any atom is 0.173 e. The predicted molar refractivity (Wildman–Crippen MR) is 96.6 cm³/mol. The molecule has 0 saturated carbocycles. The number of hydrogen-bond acceptors (Lipinski definition) is 4. The van der Waals surface area contributed by atoms with Gasteiger partial charge in [-0.3, -0.25) is 9.36 Å². The number of nitrogens with zero attached hydrogens (tertiary/aromatic N) is 2. The molecule has 4 nitrogen and oxygen atoms in total. The van der Waals surface area contributed by atoms with Gasteiger partial charge in [-0.1, -0.05) is 29.4 Å². The second kappa shape index (κ2) is 7.55. The molecular weight excluding hydrogens is 344 g/mol. The molecule has 0 radical (unpaired) electrons. The lowest BCUT2D eigenvalue weighted by atomic mass is 10.1. The molecule has 122 valence electrons. The Bertz CT molecular complexity index is 846. The number of carbonyl (C=O) groups excluding carboxylic acids is 1. The number of methoxy groups -OCH3 is 1. The minimum absolute atomic E-state index is 0.0447. The molecule has 0 aliphatic rings. The van der Waals surface area contributed by atoms with E-state index in [1.807, 2.05) is 35.0 Å². The minimum atomic E-state index is 0.0447. The Hall–Kier alpha value is -2.24. The van der Waals surface area contributed by atoms with Gasteiger partial charge in [0.05, 0.1) is 12.9 Å². The summed E-state index contributed by atoms with van der Waals surface area (Å²) in [5, 5.41) is 1.41. The Balaban J connectivity index is 1.71. The number of Topliss-reactive ketones (excluding diaryl/α,β-unsaturated/α-hetero) is 1. The van der Waals surface area contributed by atoms with Crippen molar-refractivity contribution >= 4 is 29.1 Å². The standard InChI is InChI=1S/C18H15ClN2O2S/c1-23-16-7-5-13(6-8-16)17(22)12-24-18-20-9-10-21(18)15-4-2-3-14(19)11-15/h2-11H,12H2,1H3. The van der Waals surface area contributed by atoms with Crippen molar-refractivity contribution in [1.82, 2.24) is 9.55 Å². The molecule has 0 aliphatic heterocycles. The summed E-state index contributed by atoms with van der Waals surface area (Å²) in [7, 11) is 1.60. The number of halogens is 1. The highest BCUT2D eigenvalue weighted by molar-refractivity contribution is 7.99. The van der Waals surface area contributed by atoms with Gasteiger partial charge in [0, 0.05) is 28.7 Å². The monoisotopic (exact) mass is 358 g/mol. The van der Waals surface area contributed by atoms with E-state index < -0.39 is 0 Å². The first kappa shape index (κ1) is 16.6. The molecule has 0 aliphatic carbocycles. The zero-order valence-corrected chi connectivity index (χ0v) is 14.6. The summed E-state index contributed by atoms with van der Waals surface area (Å²) in [5.74, 6) is 1.09. The van der Waals surface area contributed by atoms with Gasteiger partial charge in [0.25, 0.3) is 0 Å². The summed E-state index contributed by atoms with van der Waals surface area (Å²) in [4.78, 5) is 16.6. The fraction of sp³-hybridized carbons (Fsp3) is 0.111. The first-order valence-corrected chi connectivity index (χ1v) is 8.63. The highest BCUT2D eigenvalue weighted by atomic mass is 35.5. The van der Waals surface area contributed by atoms with Crippen LogP contribution in [0, 0.1) is 0 Å². The van der Waals surface area contributed by atoms with E-state index in [2.05, 4.69) is 4.98 Å². The molecule has 0 fully saturated rings. The zero-order chi connectivity index (χ0) is 16.9. The van der Waals surface area contributed by atoms with Gasteiger partial charge in [0.1, 0.15) is 5.75 Å². The highest BCUT2D eigenvalue weighted by Crippen LogP contribution is 2.23. The van der Waals surface area contributed by atoms with Crippen LogP contribution < -0.4 is 4.74 Å². The molecule has 6 heteroatoms. The molecule has 24 heavy (non-hydrogen) atoms. The van der Waals surface area contributed by atoms with Crippen LogP contribution in [-0.2, 0) is 0 Å². The van der Waals surface area contributed by atoms with Crippen LogP contribution in [0.5, 0.6) is 5.75 Å². The Morgan fingerprint density at radius 2 is 2.04 bits per heavy atom. The van der Waals surface area contributed by atoms with Crippen LogP contribution in [0.15, 0.2) is 66.1 Å². The average molecular weight is 359 g/mol. The molecule has 0 spiro atoms. The number of aromatic nitrogens is 2. The Kier molecular flexibility index (Phi) is 5.23. The number of ketones is 1. The molecule has 0 N–H and O–H groups in total. The van der Waals surface area contributed by atoms with Crippen LogP contribution in [0.4, 0.5) is 0 Å². The third kappa shape index (κ3) is 3.80. The summed E-state index contributed by atoms with van der Waals surface area (Å²) in [6.45, 7) is 0. The van der Waals surface area contributed by atoms with E-state index in [1.165, 1.54) is 11.8 Å². The van der Waals surface area contributed by atoms with Gasteiger partial charge >= 0.3 is 0 Å². The smallest absolute Gasteiger partial charge is 0.173 e. The Morgan fingerprint density at radius 1 is 1.25 bits per heavy atom. The topological polar surface area (TPSA) is 44.1 Å². The van der Waals surface area contributed by atoms with Crippen LogP contribution in [0.3, 0.4) is 0 Å². The fourth-order valence-electron chi connectivity index (χ4n) is 2.21. The summed E-state index contributed by atoms with van der Waals surface area (Å²) >= 11 is 7.44. The molecule has 3 rings (SSSR count). The van der Waals surface area contributed by atoms with E-state index in [0.29, 0.717) is 16.3 Å². The molecule has 0 atom stereocenters. The zero-order valence-electron chi connectivity index (χ0n) is 13.0. The summed E-state index contributed by atoms with van der Waals surface area (Å²) in [6.07, 6.45) is 3.56. The Labute approximate surface area is 149 Å². The number of carbonyl (C=O) groups is 1. The number of benzene rings is 2. The molecule has 0 bridgehead atoms. The molecule has 0 unspecified atom stereocenters. The van der Waals surface area contributed by atoms with E-state index >= 15 is 0 Å². The third-order valence-corrected chi connectivity index (χ3v) is 4.64. The SMILES string of the molecule is COc1ccc(C(=O)CSc2nccn2-c2cccc(Cl)c2)cc1. The van der Waals surface area contributed by atoms with Crippen molar-refractivity contribution in [2.45, 2.75) is 5.16 Å². The molecule has 1 aromatic heterocycles. The van der Waals surface area contributed by atoms with Gasteiger partial charge in [-0.25, -0.2) is 4.98 Å². The van der Waals surface area contributed by atoms with E-state index in [1.54, 1.807) is 37.6 Å². The fourth-order valence-corrected chi connectivity index (χ4v) is 3.26. The third-order valence-electron chi connectivity index (χ3n) is 3.44. The number of rotatable bonds is 6. The largest absolute Gasteiger partial charge is 0.497 e. The quantitative estimate of drug-likeness (QED) is 0.480. The van der Waals surface area contributed by atoms with Crippen LogP contribution in [0.1, 0.15) is 10.4 Å². The lowest BCUT2D eigenvalue weighted by molar-refractivity contribution is 0.102. The van der Waals surface area contributed by atoms with E-state index in [9.17, 15) is 4.79 Å². The van der Waals surface area contributed by atoms with Crippen LogP contribution in [0.25, 0.3) is 5.69 Å². The molecule has 2 aromatic carbocycles. The van der Waals surface area contributed by atoms with Crippen molar-refractivity contribution in [2.24, 2.45) is 0 Å². The highest BCUT2D eigenvalue weighted by Gasteiger charge is 2.11. The summed E-state index contributed by atoms with van der Waals surface area (Å²) in [6, 6.07) is 14.6. The maximum absolute atomic E-state index is 12.3. The van der Waals surface area contributed by atoms with Gasteiger partial charge in [-0.15, -0.1) is 0 Å². The van der Waals surface area contributed by atoms with Gasteiger partial charge < -0.3 is 4.74 Å². The number of hydrogen-bond donors (Lipinski definition) is 0. The second-order valence-corrected chi connectivity index (χ2v) is 6.38. The first-order valence-electron chi connectivity index (χ1n) is 7.27. The van der Waals surface area contributed by atoms with Crippen molar-refractivity contribution in [2.75, 3.05) is 12.9 Å². The van der Waals surface area contributed by atoms with Gasteiger partial charge in [0.15, 0.2) is 10.9 Å². The normalized spacial score (nSPS) is 10.6. The van der Waals surface area contributed by atoms with Crippen molar-refractivity contribution in [3.8, 4) is 11.4 Å². The van der Waals surface area contributed by atoms with Crippen molar-refractivity contribution in [3.63, 3.8) is 0 Å². The molecule has 0 saturated heterocycles. The number of ether oxygens (including phenoxy) is 1. The predicted octanol–water partition coefficient (Wildman–Crippen LogP) is 4.51. The number of imidazole rings is 1. The molecule has 3 aromatic rings. The summed E-state index contributed by atoms with van der Waals surface area (Å²) in [5.41, 5.74) is 1.57. The van der Waals surface area contributed by atoms with Gasteiger partial charge in [0.2, 0.25) is 0 Å². The second-order valence-electron chi connectivity index (χ2n) is 5.00. The lowest BCUT2D eigenvalue weighted by Crippen LogP contribution is -2.04. The van der Waals surface area contributed by atoms with E-state index in [0.717, 1.165) is 16.6 Å². The molecule has 1 heterocycles.